The lowest BCUT2D eigenvalue weighted by molar-refractivity contribution is -0.180. The summed E-state index contributed by atoms with van der Waals surface area (Å²) < 4.78 is 78.7. The standard InChI is InChI=1S/C18H26O6.C17H21NO6.C16H22O6.C13H16O8.C12H20O3/c1-4-18(2,3)17(21)22-9-14(19)24-15-11-5-10-6-12(8-11)16(20)23-13(15)7-10;1-4-16(2,3)14(20)22-7-11(19)23-12-9-5-10-13(12)24-15(21)17(10,6-9)8-18;1-4-16(2,3)15(19)20-7-11(17)21-12-8-5-9-10(6-8)14(18)22-13(9)12;1-4-13(2,3)11(15)19-7-5-6(17-9(7)14)8-10(18-5)21-12(16)20-8;1-3-11(2)8-12(15-10(11)14)6-4-9(13)5-7-12/h10-13,15H,4-9H2,1-3H3;9-10,12-13H,4-7H2,1-3H3;8-10,12-13H,4-7H2,1-3H3;5-8,10H,4H2,1-3H3;9,13H,3-8H2,1-2H3. The molecule has 0 radical (unpaired) electrons. The highest BCUT2D eigenvalue weighted by atomic mass is 16.9. The van der Waals surface area contributed by atoms with E-state index in [1.165, 1.54) is 0 Å². The summed E-state index contributed by atoms with van der Waals surface area (Å²) in [5, 5.41) is 18.8. The molecule has 1 N–H and O–H groups in total. The van der Waals surface area contributed by atoms with E-state index in [4.69, 9.17) is 71.1 Å². The van der Waals surface area contributed by atoms with Crippen molar-refractivity contribution in [2.24, 2.45) is 79.8 Å². The molecule has 8 heterocycles. The molecule has 21 atom stereocenters. The molecular formula is C76H105NO29. The minimum atomic E-state index is -1.17. The highest BCUT2D eigenvalue weighted by Gasteiger charge is 2.73. The number of aliphatic hydroxyl groups is 1. The van der Waals surface area contributed by atoms with Crippen LogP contribution in [0.2, 0.25) is 0 Å². The zero-order chi connectivity index (χ0) is 77.7. The summed E-state index contributed by atoms with van der Waals surface area (Å²) in [6, 6.07) is 2.10. The van der Waals surface area contributed by atoms with E-state index in [0.717, 1.165) is 77.0 Å². The van der Waals surface area contributed by atoms with Crippen LogP contribution in [0.5, 0.6) is 0 Å². The first-order valence-corrected chi connectivity index (χ1v) is 37.7. The van der Waals surface area contributed by atoms with Crippen LogP contribution in [0.1, 0.15) is 213 Å². The van der Waals surface area contributed by atoms with E-state index in [1.54, 1.807) is 55.4 Å². The molecule has 15 rings (SSSR count). The summed E-state index contributed by atoms with van der Waals surface area (Å²) in [5.41, 5.74) is -4.19. The van der Waals surface area contributed by atoms with Crippen molar-refractivity contribution in [3.8, 4) is 6.07 Å². The Bertz CT molecular complexity index is 3470. The van der Waals surface area contributed by atoms with Crippen LogP contribution in [0.4, 0.5) is 4.79 Å². The summed E-state index contributed by atoms with van der Waals surface area (Å²) in [6.45, 7) is 24.3. The summed E-state index contributed by atoms with van der Waals surface area (Å²) in [7, 11) is 0. The number of carbonyl (C=O) groups excluding carboxylic acids is 13. The largest absolute Gasteiger partial charge is 0.511 e. The third-order valence-corrected chi connectivity index (χ3v) is 25.4. The van der Waals surface area contributed by atoms with Gasteiger partial charge < -0.3 is 76.2 Å². The van der Waals surface area contributed by atoms with Crippen molar-refractivity contribution >= 4 is 77.8 Å². The van der Waals surface area contributed by atoms with Crippen LogP contribution in [-0.4, -0.2) is 182 Å². The summed E-state index contributed by atoms with van der Waals surface area (Å²) in [4.78, 5) is 154. The van der Waals surface area contributed by atoms with Crippen molar-refractivity contribution < 1.29 is 138 Å². The van der Waals surface area contributed by atoms with Crippen molar-refractivity contribution in [2.75, 3.05) is 19.8 Å². The van der Waals surface area contributed by atoms with Crippen LogP contribution in [0.3, 0.4) is 0 Å². The average Bonchev–Trinajstić information content (AvgIpc) is 1.54. The van der Waals surface area contributed by atoms with Gasteiger partial charge in [0.15, 0.2) is 37.4 Å². The van der Waals surface area contributed by atoms with Gasteiger partial charge in [-0.2, -0.15) is 5.26 Å². The molecule has 106 heavy (non-hydrogen) atoms. The smallest absolute Gasteiger partial charge is 0.459 e. The Kier molecular flexibility index (Phi) is 23.7. The first-order chi connectivity index (χ1) is 49.7. The quantitative estimate of drug-likeness (QED) is 0.0960. The van der Waals surface area contributed by atoms with Gasteiger partial charge in [-0.3, -0.25) is 38.4 Å². The van der Waals surface area contributed by atoms with Gasteiger partial charge in [0.2, 0.25) is 18.5 Å². The fourth-order valence-corrected chi connectivity index (χ4v) is 16.9. The van der Waals surface area contributed by atoms with Crippen LogP contribution in [0.25, 0.3) is 0 Å². The van der Waals surface area contributed by atoms with Gasteiger partial charge in [0.25, 0.3) is 0 Å². The fourth-order valence-electron chi connectivity index (χ4n) is 16.9. The number of carbonyl (C=O) groups is 13. The van der Waals surface area contributed by atoms with Crippen LogP contribution >= 0.6 is 0 Å². The topological polar surface area (TPSA) is 404 Å². The summed E-state index contributed by atoms with van der Waals surface area (Å²) in [5.74, 6) is -4.40. The lowest BCUT2D eigenvalue weighted by Crippen LogP contribution is -2.45. The Labute approximate surface area is 616 Å². The molecule has 15 fully saturated rings. The minimum absolute atomic E-state index is 0.00636. The van der Waals surface area contributed by atoms with E-state index in [0.29, 0.717) is 44.4 Å². The molecule has 1 spiro atoms. The molecule has 588 valence electrons. The van der Waals surface area contributed by atoms with Gasteiger partial charge in [0, 0.05) is 36.0 Å². The van der Waals surface area contributed by atoms with Crippen molar-refractivity contribution in [3.63, 3.8) is 0 Å². The lowest BCUT2D eigenvalue weighted by atomic mass is 9.67. The highest BCUT2D eigenvalue weighted by Crippen LogP contribution is 2.62. The van der Waals surface area contributed by atoms with E-state index in [1.807, 2.05) is 41.5 Å². The maximum Gasteiger partial charge on any atom is 0.511 e. The van der Waals surface area contributed by atoms with Gasteiger partial charge in [-0.15, -0.1) is 0 Å². The van der Waals surface area contributed by atoms with Crippen molar-refractivity contribution in [3.05, 3.63) is 0 Å². The van der Waals surface area contributed by atoms with Crippen molar-refractivity contribution in [1.29, 1.82) is 5.26 Å². The molecule has 0 aromatic heterocycles. The van der Waals surface area contributed by atoms with Crippen LogP contribution < -0.4 is 0 Å². The van der Waals surface area contributed by atoms with Gasteiger partial charge in [0.1, 0.15) is 42.2 Å². The number of hydrogen-bond donors (Lipinski definition) is 1. The molecule has 30 nitrogen and oxygen atoms in total. The number of rotatable bonds is 19. The summed E-state index contributed by atoms with van der Waals surface area (Å²) >= 11 is 0. The van der Waals surface area contributed by atoms with Crippen LogP contribution in [0, 0.1) is 91.2 Å². The maximum atomic E-state index is 12.1. The van der Waals surface area contributed by atoms with E-state index >= 15 is 0 Å². The number of hydrogen-bond acceptors (Lipinski definition) is 30. The molecular weight excluding hydrogens is 1390 g/mol. The third-order valence-electron chi connectivity index (χ3n) is 25.4. The molecule has 7 aliphatic carbocycles. The Morgan fingerprint density at radius 2 is 1.06 bits per heavy atom. The van der Waals surface area contributed by atoms with Gasteiger partial charge in [-0.05, 0) is 177 Å². The van der Waals surface area contributed by atoms with E-state index < -0.39 is 143 Å². The first kappa shape index (κ1) is 80.9. The number of esters is 12. The first-order valence-electron chi connectivity index (χ1n) is 37.7. The van der Waals surface area contributed by atoms with Gasteiger partial charge in [-0.1, -0.05) is 34.6 Å². The van der Waals surface area contributed by atoms with E-state index in [2.05, 4.69) is 6.07 Å². The van der Waals surface area contributed by atoms with Crippen LogP contribution in [0.15, 0.2) is 0 Å². The molecule has 0 aromatic carbocycles. The third kappa shape index (κ3) is 16.4. The molecule has 0 amide bonds. The summed E-state index contributed by atoms with van der Waals surface area (Å²) in [6.07, 6.45) is 5.17. The number of aliphatic hydroxyl groups excluding tert-OH is 1. The number of fused-ring (bicyclic) bond motifs is 6. The number of nitrogens with zero attached hydrogens (tertiary/aromatic N) is 1. The second-order valence-electron chi connectivity index (χ2n) is 34.0. The molecule has 15 aliphatic rings. The minimum Gasteiger partial charge on any atom is -0.459 e. The molecule has 8 aliphatic heterocycles. The second-order valence-corrected chi connectivity index (χ2v) is 34.0. The average molecular weight is 1500 g/mol. The Balaban J connectivity index is 0.000000143. The normalized spacial score (nSPS) is 37.2. The lowest BCUT2D eigenvalue weighted by Gasteiger charge is -2.41. The van der Waals surface area contributed by atoms with Crippen LogP contribution in [-0.2, 0) is 129 Å². The van der Waals surface area contributed by atoms with Gasteiger partial charge >= 0.3 is 77.8 Å². The molecule has 8 bridgehead atoms. The molecule has 21 unspecified atom stereocenters. The van der Waals surface area contributed by atoms with E-state index in [9.17, 15) is 72.7 Å². The molecule has 8 saturated heterocycles. The predicted molar refractivity (Wildman–Crippen MR) is 357 cm³/mol. The number of ether oxygens (including phenoxy) is 15. The zero-order valence-corrected chi connectivity index (χ0v) is 63.2. The Morgan fingerprint density at radius 1 is 0.528 bits per heavy atom. The number of nitriles is 1. The Morgan fingerprint density at radius 3 is 1.59 bits per heavy atom. The molecule has 7 saturated carbocycles. The predicted octanol–water partition coefficient (Wildman–Crippen LogP) is 7.59. The SMILES string of the molecule is CCC(C)(C)C(=O)OC1C(=O)OC2C3OC(=O)OC3OC12.CCC(C)(C)C(=O)OCC(=O)OC1C2CC3C(=O)OC1C3C2.CCC(C)(C)C(=O)OCC(=O)OC1C2CC3C1OC(=O)C3(C#N)C2.CCC(C)(C)C(=O)OCC(=O)OC1C2CC3CC(C2)C(=O)OC1C3.CCC1(C)CC2(CCC(O)CC2)OC1=O. The van der Waals surface area contributed by atoms with Crippen molar-refractivity contribution in [2.45, 2.75) is 292 Å². The van der Waals surface area contributed by atoms with Gasteiger partial charge in [0.05, 0.1) is 51.1 Å². The monoisotopic (exact) mass is 1500 g/mol. The maximum absolute atomic E-state index is 12.1. The highest BCUT2D eigenvalue weighted by molar-refractivity contribution is 5.86. The second kappa shape index (κ2) is 31.1. The fraction of sp³-hybridized carbons (Fsp3) is 0.816. The zero-order valence-electron chi connectivity index (χ0n) is 63.2. The Hall–Kier alpha value is -7.68. The molecule has 30 heteroatoms. The van der Waals surface area contributed by atoms with E-state index in [-0.39, 0.29) is 108 Å². The molecule has 0 aromatic rings. The van der Waals surface area contributed by atoms with Crippen molar-refractivity contribution in [1.82, 2.24) is 0 Å². The van der Waals surface area contributed by atoms with Gasteiger partial charge in [-0.25, -0.2) is 24.0 Å².